The lowest BCUT2D eigenvalue weighted by atomic mass is 9.89. The zero-order valence-electron chi connectivity index (χ0n) is 13.2. The summed E-state index contributed by atoms with van der Waals surface area (Å²) in [6.45, 7) is 4.32. The molecule has 128 valence electrons. The second kappa shape index (κ2) is 7.69. The molecule has 1 N–H and O–H groups in total. The van der Waals surface area contributed by atoms with Crippen molar-refractivity contribution in [2.45, 2.75) is 63.1 Å². The fourth-order valence-corrected chi connectivity index (χ4v) is 4.94. The van der Waals surface area contributed by atoms with Gasteiger partial charge in [0.2, 0.25) is 5.91 Å². The van der Waals surface area contributed by atoms with Gasteiger partial charge in [-0.25, -0.2) is 0 Å². The Morgan fingerprint density at radius 2 is 1.73 bits per heavy atom. The standard InChI is InChI=1S/C16H27N3O.2ClH/c20-16(10-12-8-13-3-4-14(9-12)17-13)19-7-6-18-5-1-2-15(18)11-19;;/h12-15,17H,1-11H2;2*1H. The third-order valence-electron chi connectivity index (χ3n) is 5.97. The number of hydrogen-bond donors (Lipinski definition) is 1. The summed E-state index contributed by atoms with van der Waals surface area (Å²) < 4.78 is 0. The van der Waals surface area contributed by atoms with Crippen molar-refractivity contribution in [3.05, 3.63) is 0 Å². The fourth-order valence-electron chi connectivity index (χ4n) is 4.94. The van der Waals surface area contributed by atoms with Crippen LogP contribution in [0.5, 0.6) is 0 Å². The molecular formula is C16H29Cl2N3O. The minimum absolute atomic E-state index is 0. The first-order chi connectivity index (χ1) is 9.78. The average molecular weight is 350 g/mol. The van der Waals surface area contributed by atoms with Crippen molar-refractivity contribution in [1.29, 1.82) is 0 Å². The van der Waals surface area contributed by atoms with Crippen molar-refractivity contribution in [2.75, 3.05) is 26.2 Å². The Bertz CT molecular complexity index is 384. The minimum Gasteiger partial charge on any atom is -0.340 e. The number of nitrogens with zero attached hydrogens (tertiary/aromatic N) is 2. The molecule has 4 aliphatic heterocycles. The van der Waals surface area contributed by atoms with E-state index < -0.39 is 0 Å². The Morgan fingerprint density at radius 1 is 1.00 bits per heavy atom. The second-order valence-corrected chi connectivity index (χ2v) is 7.35. The normalized spacial score (nSPS) is 37.2. The van der Waals surface area contributed by atoms with Crippen LogP contribution in [0.3, 0.4) is 0 Å². The summed E-state index contributed by atoms with van der Waals surface area (Å²) in [5.74, 6) is 1.07. The molecule has 4 heterocycles. The molecule has 3 atom stereocenters. The lowest BCUT2D eigenvalue weighted by Crippen LogP contribution is -2.52. The topological polar surface area (TPSA) is 35.6 Å². The van der Waals surface area contributed by atoms with Gasteiger partial charge in [-0.05, 0) is 51.0 Å². The number of hydrogen-bond acceptors (Lipinski definition) is 3. The number of piperazine rings is 1. The highest BCUT2D eigenvalue weighted by molar-refractivity contribution is 5.85. The highest BCUT2D eigenvalue weighted by Crippen LogP contribution is 2.33. The molecule has 0 aromatic heterocycles. The number of fused-ring (bicyclic) bond motifs is 3. The molecule has 0 radical (unpaired) electrons. The van der Waals surface area contributed by atoms with E-state index in [-0.39, 0.29) is 24.8 Å². The Morgan fingerprint density at radius 3 is 2.45 bits per heavy atom. The Balaban J connectivity index is 0.000000882. The maximum atomic E-state index is 12.6. The van der Waals surface area contributed by atoms with Gasteiger partial charge in [0, 0.05) is 44.2 Å². The van der Waals surface area contributed by atoms with Crippen molar-refractivity contribution in [3.63, 3.8) is 0 Å². The molecule has 0 aromatic rings. The molecule has 4 aliphatic rings. The lowest BCUT2D eigenvalue weighted by Gasteiger charge is -2.38. The van der Waals surface area contributed by atoms with Gasteiger partial charge in [0.05, 0.1) is 0 Å². The number of amides is 1. The van der Waals surface area contributed by atoms with E-state index in [1.807, 2.05) is 0 Å². The largest absolute Gasteiger partial charge is 0.340 e. The predicted molar refractivity (Wildman–Crippen MR) is 93.0 cm³/mol. The Labute approximate surface area is 146 Å². The fraction of sp³-hybridized carbons (Fsp3) is 0.938. The Kier molecular flexibility index (Phi) is 6.40. The van der Waals surface area contributed by atoms with Crippen LogP contribution in [0, 0.1) is 5.92 Å². The minimum atomic E-state index is 0. The highest BCUT2D eigenvalue weighted by Gasteiger charge is 2.36. The van der Waals surface area contributed by atoms with Crippen molar-refractivity contribution in [2.24, 2.45) is 5.92 Å². The monoisotopic (exact) mass is 349 g/mol. The number of piperidine rings is 1. The summed E-state index contributed by atoms with van der Waals surface area (Å²) >= 11 is 0. The number of carbonyl (C=O) groups is 1. The van der Waals surface area contributed by atoms with E-state index in [2.05, 4.69) is 15.1 Å². The molecule has 4 rings (SSSR count). The summed E-state index contributed by atoms with van der Waals surface area (Å²) in [6, 6.07) is 2.08. The molecule has 0 spiro atoms. The third kappa shape index (κ3) is 3.72. The molecule has 0 aromatic carbocycles. The first-order valence-electron chi connectivity index (χ1n) is 8.56. The third-order valence-corrected chi connectivity index (χ3v) is 5.97. The molecule has 22 heavy (non-hydrogen) atoms. The molecular weight excluding hydrogens is 321 g/mol. The molecule has 3 unspecified atom stereocenters. The maximum Gasteiger partial charge on any atom is 0.222 e. The van der Waals surface area contributed by atoms with Crippen LogP contribution in [0.1, 0.15) is 44.9 Å². The molecule has 0 saturated carbocycles. The molecule has 4 nitrogen and oxygen atoms in total. The van der Waals surface area contributed by atoms with Crippen LogP contribution in [0.2, 0.25) is 0 Å². The summed E-state index contributed by atoms with van der Waals surface area (Å²) in [7, 11) is 0. The highest BCUT2D eigenvalue weighted by atomic mass is 35.5. The van der Waals surface area contributed by atoms with E-state index in [4.69, 9.17) is 0 Å². The van der Waals surface area contributed by atoms with Crippen LogP contribution in [0.25, 0.3) is 0 Å². The zero-order chi connectivity index (χ0) is 13.5. The van der Waals surface area contributed by atoms with Gasteiger partial charge in [-0.3, -0.25) is 9.69 Å². The van der Waals surface area contributed by atoms with Gasteiger partial charge in [-0.2, -0.15) is 0 Å². The van der Waals surface area contributed by atoms with Crippen LogP contribution in [-0.4, -0.2) is 60.0 Å². The number of carbonyl (C=O) groups excluding carboxylic acids is 1. The molecule has 4 saturated heterocycles. The second-order valence-electron chi connectivity index (χ2n) is 7.35. The lowest BCUT2D eigenvalue weighted by molar-refractivity contribution is -0.135. The van der Waals surface area contributed by atoms with E-state index in [1.54, 1.807) is 0 Å². The van der Waals surface area contributed by atoms with Gasteiger partial charge in [0.15, 0.2) is 0 Å². The van der Waals surface area contributed by atoms with Crippen molar-refractivity contribution < 1.29 is 4.79 Å². The van der Waals surface area contributed by atoms with Gasteiger partial charge in [0.25, 0.3) is 0 Å². The van der Waals surface area contributed by atoms with Crippen molar-refractivity contribution in [1.82, 2.24) is 15.1 Å². The van der Waals surface area contributed by atoms with E-state index >= 15 is 0 Å². The van der Waals surface area contributed by atoms with Crippen LogP contribution < -0.4 is 5.32 Å². The predicted octanol–water partition coefficient (Wildman–Crippen LogP) is 2.06. The first kappa shape index (κ1) is 18.3. The zero-order valence-corrected chi connectivity index (χ0v) is 14.8. The van der Waals surface area contributed by atoms with Gasteiger partial charge >= 0.3 is 0 Å². The Hall–Kier alpha value is -0.0300. The van der Waals surface area contributed by atoms with E-state index in [0.29, 0.717) is 30.0 Å². The molecule has 6 heteroatoms. The van der Waals surface area contributed by atoms with Crippen LogP contribution in [0.15, 0.2) is 0 Å². The van der Waals surface area contributed by atoms with Gasteiger partial charge in [0.1, 0.15) is 0 Å². The number of rotatable bonds is 2. The molecule has 2 bridgehead atoms. The molecule has 0 aliphatic carbocycles. The quantitative estimate of drug-likeness (QED) is 0.828. The van der Waals surface area contributed by atoms with E-state index in [1.165, 1.54) is 45.1 Å². The van der Waals surface area contributed by atoms with Crippen molar-refractivity contribution in [3.8, 4) is 0 Å². The van der Waals surface area contributed by atoms with Crippen LogP contribution in [-0.2, 0) is 4.79 Å². The summed E-state index contributed by atoms with van der Waals surface area (Å²) in [5.41, 5.74) is 0. The van der Waals surface area contributed by atoms with Gasteiger partial charge < -0.3 is 10.2 Å². The van der Waals surface area contributed by atoms with E-state index in [9.17, 15) is 4.79 Å². The van der Waals surface area contributed by atoms with Gasteiger partial charge in [-0.15, -0.1) is 24.8 Å². The average Bonchev–Trinajstić information content (AvgIpc) is 3.04. The number of halogens is 2. The van der Waals surface area contributed by atoms with E-state index in [0.717, 1.165) is 26.1 Å². The number of nitrogens with one attached hydrogen (secondary N) is 1. The summed E-state index contributed by atoms with van der Waals surface area (Å²) in [4.78, 5) is 17.3. The van der Waals surface area contributed by atoms with Gasteiger partial charge in [-0.1, -0.05) is 0 Å². The molecule has 1 amide bonds. The smallest absolute Gasteiger partial charge is 0.222 e. The van der Waals surface area contributed by atoms with Crippen LogP contribution >= 0.6 is 24.8 Å². The summed E-state index contributed by atoms with van der Waals surface area (Å²) in [5, 5.41) is 3.67. The summed E-state index contributed by atoms with van der Waals surface area (Å²) in [6.07, 6.45) is 8.54. The van der Waals surface area contributed by atoms with Crippen LogP contribution in [0.4, 0.5) is 0 Å². The SMILES string of the molecule is Cl.Cl.O=C(CC1CC2CCC(C1)N2)N1CCN2CCCC2C1. The van der Waals surface area contributed by atoms with Crippen molar-refractivity contribution >= 4 is 30.7 Å². The molecule has 4 fully saturated rings. The maximum absolute atomic E-state index is 12.6. The first-order valence-corrected chi connectivity index (χ1v) is 8.56.